The molecule has 0 heterocycles. The standard InChI is InChI=1S/C74H122O6/c1-4-7-10-13-16-19-22-25-27-28-29-30-31-32-33-34-35-36-37-38-39-40-41-42-43-44-45-46-47-50-52-55-58-61-64-67-73(76)79-70-71(69-78-72(75)66-63-60-57-54-51-48-24-21-18-15-12-9-6-3)80-74(77)68-65-62-59-56-53-49-26-23-20-17-14-11-8-5-2/h7,9-10,12,14,16-19,21,23,25-27,29-30,32-33,35-36,48,51,71H,4-6,8,11,13,15,20,22,24,28,31,34,37-47,49-50,52-70H2,1-3H3/b10-7-,12-9-,17-14-,19-16-,21-18-,26-23-,27-25-,30-29-,33-32-,36-35-,51-48-. The molecule has 1 unspecified atom stereocenters. The van der Waals surface area contributed by atoms with Gasteiger partial charge in [0.1, 0.15) is 13.2 Å². The van der Waals surface area contributed by atoms with Crippen molar-refractivity contribution < 1.29 is 28.6 Å². The van der Waals surface area contributed by atoms with Crippen LogP contribution in [0.3, 0.4) is 0 Å². The molecule has 0 amide bonds. The molecule has 0 saturated heterocycles. The Kier molecular flexibility index (Phi) is 63.3. The van der Waals surface area contributed by atoms with E-state index < -0.39 is 6.10 Å². The van der Waals surface area contributed by atoms with E-state index in [9.17, 15) is 14.4 Å². The molecule has 0 aromatic carbocycles. The zero-order valence-electron chi connectivity index (χ0n) is 52.0. The summed E-state index contributed by atoms with van der Waals surface area (Å²) < 4.78 is 16.9. The number of carbonyl (C=O) groups excluding carboxylic acids is 3. The predicted octanol–water partition coefficient (Wildman–Crippen LogP) is 22.9. The molecule has 0 aromatic rings. The molecule has 0 bridgehead atoms. The molecule has 0 aliphatic rings. The lowest BCUT2D eigenvalue weighted by atomic mass is 10.0. The minimum atomic E-state index is -0.800. The second kappa shape index (κ2) is 67.1. The van der Waals surface area contributed by atoms with Crippen LogP contribution in [0.25, 0.3) is 0 Å². The Balaban J connectivity index is 4.16. The Morgan fingerprint density at radius 1 is 0.263 bits per heavy atom. The molecule has 0 radical (unpaired) electrons. The fraction of sp³-hybridized carbons (Fsp3) is 0.662. The van der Waals surface area contributed by atoms with Gasteiger partial charge in [0, 0.05) is 19.3 Å². The van der Waals surface area contributed by atoms with Gasteiger partial charge in [-0.3, -0.25) is 14.4 Å². The Hall–Kier alpha value is -4.45. The number of allylic oxidation sites excluding steroid dienone is 22. The first-order valence-electron chi connectivity index (χ1n) is 33.2. The van der Waals surface area contributed by atoms with Crippen molar-refractivity contribution >= 4 is 17.9 Å². The molecule has 6 heteroatoms. The van der Waals surface area contributed by atoms with E-state index in [0.717, 1.165) is 148 Å². The number of carbonyl (C=O) groups is 3. The average molecular weight is 1110 g/mol. The lowest BCUT2D eigenvalue weighted by Crippen LogP contribution is -2.30. The van der Waals surface area contributed by atoms with Crippen LogP contribution in [0.2, 0.25) is 0 Å². The molecule has 0 spiro atoms. The number of rotatable bonds is 59. The average Bonchev–Trinajstić information content (AvgIpc) is 3.46. The van der Waals surface area contributed by atoms with E-state index in [1.165, 1.54) is 109 Å². The summed E-state index contributed by atoms with van der Waals surface area (Å²) in [7, 11) is 0. The number of hydrogen-bond acceptors (Lipinski definition) is 6. The third-order valence-corrected chi connectivity index (χ3v) is 13.9. The van der Waals surface area contributed by atoms with Crippen molar-refractivity contribution in [1.29, 1.82) is 0 Å². The van der Waals surface area contributed by atoms with Crippen molar-refractivity contribution in [1.82, 2.24) is 0 Å². The second-order valence-corrected chi connectivity index (χ2v) is 21.6. The van der Waals surface area contributed by atoms with Gasteiger partial charge >= 0.3 is 17.9 Å². The summed E-state index contributed by atoms with van der Waals surface area (Å²) in [5, 5.41) is 0. The lowest BCUT2D eigenvalue weighted by molar-refractivity contribution is -0.167. The summed E-state index contributed by atoms with van der Waals surface area (Å²) in [4.78, 5) is 38.2. The van der Waals surface area contributed by atoms with Gasteiger partial charge in [0.25, 0.3) is 0 Å². The van der Waals surface area contributed by atoms with E-state index in [4.69, 9.17) is 14.2 Å². The Bertz CT molecular complexity index is 1700. The molecule has 0 N–H and O–H groups in total. The van der Waals surface area contributed by atoms with Gasteiger partial charge in [0.15, 0.2) is 6.10 Å². The first-order valence-corrected chi connectivity index (χ1v) is 33.2. The zero-order valence-corrected chi connectivity index (χ0v) is 52.0. The third-order valence-electron chi connectivity index (χ3n) is 13.9. The molecule has 0 fully saturated rings. The quantitative estimate of drug-likeness (QED) is 0.0261. The van der Waals surface area contributed by atoms with Gasteiger partial charge in [-0.15, -0.1) is 0 Å². The monoisotopic (exact) mass is 1110 g/mol. The highest BCUT2D eigenvalue weighted by atomic mass is 16.6. The van der Waals surface area contributed by atoms with Crippen molar-refractivity contribution in [3.63, 3.8) is 0 Å². The van der Waals surface area contributed by atoms with E-state index in [1.54, 1.807) is 0 Å². The fourth-order valence-corrected chi connectivity index (χ4v) is 8.95. The summed E-state index contributed by atoms with van der Waals surface area (Å²) in [6.45, 7) is 6.34. The van der Waals surface area contributed by atoms with Crippen molar-refractivity contribution in [3.05, 3.63) is 134 Å². The van der Waals surface area contributed by atoms with E-state index >= 15 is 0 Å². The molecule has 1 atom stereocenters. The number of hydrogen-bond donors (Lipinski definition) is 0. The number of unbranched alkanes of at least 4 members (excludes halogenated alkanes) is 26. The molecule has 0 aromatic heterocycles. The van der Waals surface area contributed by atoms with Gasteiger partial charge in [-0.25, -0.2) is 0 Å². The Morgan fingerprint density at radius 3 is 0.775 bits per heavy atom. The van der Waals surface area contributed by atoms with Crippen LogP contribution < -0.4 is 0 Å². The van der Waals surface area contributed by atoms with Crippen LogP contribution in [0.5, 0.6) is 0 Å². The van der Waals surface area contributed by atoms with Crippen LogP contribution in [-0.4, -0.2) is 37.2 Å². The maximum Gasteiger partial charge on any atom is 0.306 e. The van der Waals surface area contributed by atoms with E-state index in [0.29, 0.717) is 19.3 Å². The topological polar surface area (TPSA) is 78.9 Å². The molecule has 454 valence electrons. The molecular formula is C74H122O6. The Labute approximate surface area is 494 Å². The van der Waals surface area contributed by atoms with Crippen LogP contribution in [0.1, 0.15) is 297 Å². The van der Waals surface area contributed by atoms with Crippen molar-refractivity contribution in [2.75, 3.05) is 13.2 Å². The second-order valence-electron chi connectivity index (χ2n) is 21.6. The van der Waals surface area contributed by atoms with Crippen LogP contribution in [0.4, 0.5) is 0 Å². The summed E-state index contributed by atoms with van der Waals surface area (Å²) in [6.07, 6.45) is 94.8. The fourth-order valence-electron chi connectivity index (χ4n) is 8.95. The summed E-state index contributed by atoms with van der Waals surface area (Å²) in [5.41, 5.74) is 0. The summed E-state index contributed by atoms with van der Waals surface area (Å²) in [5.74, 6) is -0.935. The number of esters is 3. The molecule has 6 nitrogen and oxygen atoms in total. The Morgan fingerprint density at radius 2 is 0.487 bits per heavy atom. The van der Waals surface area contributed by atoms with E-state index in [-0.39, 0.29) is 31.1 Å². The largest absolute Gasteiger partial charge is 0.462 e. The highest BCUT2D eigenvalue weighted by molar-refractivity contribution is 5.71. The molecule has 0 aliphatic heterocycles. The first kappa shape index (κ1) is 75.5. The number of ether oxygens (including phenoxy) is 3. The highest BCUT2D eigenvalue weighted by Crippen LogP contribution is 2.16. The summed E-state index contributed by atoms with van der Waals surface area (Å²) in [6, 6.07) is 0. The van der Waals surface area contributed by atoms with Gasteiger partial charge in [0.05, 0.1) is 0 Å². The van der Waals surface area contributed by atoms with Gasteiger partial charge in [0.2, 0.25) is 0 Å². The smallest absolute Gasteiger partial charge is 0.306 e. The molecule has 80 heavy (non-hydrogen) atoms. The normalized spacial score (nSPS) is 13.0. The van der Waals surface area contributed by atoms with E-state index in [2.05, 4.69) is 154 Å². The third kappa shape index (κ3) is 64.4. The van der Waals surface area contributed by atoms with Crippen LogP contribution >= 0.6 is 0 Å². The van der Waals surface area contributed by atoms with Gasteiger partial charge in [-0.1, -0.05) is 283 Å². The zero-order chi connectivity index (χ0) is 57.8. The van der Waals surface area contributed by atoms with Gasteiger partial charge in [-0.05, 0) is 128 Å². The van der Waals surface area contributed by atoms with Gasteiger partial charge in [-0.2, -0.15) is 0 Å². The van der Waals surface area contributed by atoms with Crippen LogP contribution in [-0.2, 0) is 28.6 Å². The highest BCUT2D eigenvalue weighted by Gasteiger charge is 2.19. The van der Waals surface area contributed by atoms with Crippen LogP contribution in [0, 0.1) is 0 Å². The molecule has 0 rings (SSSR count). The molecule has 0 saturated carbocycles. The van der Waals surface area contributed by atoms with Crippen molar-refractivity contribution in [3.8, 4) is 0 Å². The minimum absolute atomic E-state index is 0.0941. The van der Waals surface area contributed by atoms with Gasteiger partial charge < -0.3 is 14.2 Å². The maximum atomic E-state index is 12.9. The van der Waals surface area contributed by atoms with E-state index in [1.807, 2.05) is 0 Å². The lowest BCUT2D eigenvalue weighted by Gasteiger charge is -2.18. The SMILES string of the molecule is CC/C=C\C/C=C\C/C=C\C/C=C\C/C=C\C/C=C\CCCCCCCCCCCCCCCCCCC(=O)OCC(COC(=O)CCCCC/C=C\C/C=C\C/C=C\CC)OC(=O)CCCCCCC/C=C\C/C=C\CCCC. The van der Waals surface area contributed by atoms with Crippen molar-refractivity contribution in [2.24, 2.45) is 0 Å². The summed E-state index contributed by atoms with van der Waals surface area (Å²) >= 11 is 0. The molecular weight excluding hydrogens is 985 g/mol. The predicted molar refractivity (Wildman–Crippen MR) is 348 cm³/mol. The minimum Gasteiger partial charge on any atom is -0.462 e. The van der Waals surface area contributed by atoms with Crippen molar-refractivity contribution in [2.45, 2.75) is 303 Å². The maximum absolute atomic E-state index is 12.9. The van der Waals surface area contributed by atoms with Crippen LogP contribution in [0.15, 0.2) is 134 Å². The molecule has 0 aliphatic carbocycles. The first-order chi connectivity index (χ1) is 39.5.